The fraction of sp³-hybridized carbons (Fsp3) is 1.00. The fourth-order valence-electron chi connectivity index (χ4n) is 0.600. The van der Waals surface area contributed by atoms with Crippen molar-refractivity contribution in [3.63, 3.8) is 0 Å². The van der Waals surface area contributed by atoms with Crippen molar-refractivity contribution >= 4 is 101 Å². The van der Waals surface area contributed by atoms with Crippen molar-refractivity contribution in [2.45, 2.75) is 6.92 Å². The molecule has 0 aromatic carbocycles. The quantitative estimate of drug-likeness (QED) is 0.267. The Kier molecular flexibility index (Phi) is 14.0. The molecule has 0 saturated heterocycles. The zero-order valence-corrected chi connectivity index (χ0v) is 15.5. The van der Waals surface area contributed by atoms with E-state index >= 15 is 0 Å². The Morgan fingerprint density at radius 2 is 2.12 bits per heavy atom. The van der Waals surface area contributed by atoms with E-state index in [9.17, 15) is 0 Å². The van der Waals surface area contributed by atoms with Crippen LogP contribution in [-0.4, -0.2) is 34.6 Å². The molecule has 2 nitrogen and oxygen atoms in total. The summed E-state index contributed by atoms with van der Waals surface area (Å²) in [6.07, 6.45) is 0. The molecule has 0 spiro atoms. The molecule has 0 bridgehead atoms. The van der Waals surface area contributed by atoms with Gasteiger partial charge in [0.25, 0.3) is 0 Å². The predicted molar refractivity (Wildman–Crippen MR) is 99.8 cm³/mol. The molecular weight excluding hydrogens is 369 g/mol. The summed E-state index contributed by atoms with van der Waals surface area (Å²) in [5, 5.41) is 0. The summed E-state index contributed by atoms with van der Waals surface area (Å²) in [7, 11) is 12.4. The Hall–Kier alpha value is 2.49. The average Bonchev–Trinajstić information content (AvgIpc) is 2.27. The van der Waals surface area contributed by atoms with Gasteiger partial charge in [-0.05, 0) is 0 Å². The molecule has 94 valence electrons. The number of thiol groups is 1. The molecule has 0 aromatic rings. The summed E-state index contributed by atoms with van der Waals surface area (Å²) in [6.45, 7) is 2.48. The van der Waals surface area contributed by atoms with Gasteiger partial charge in [-0.1, -0.05) is 0 Å². The predicted octanol–water partition coefficient (Wildman–Crippen LogP) is 2.41. The van der Waals surface area contributed by atoms with Crippen LogP contribution in [0.3, 0.4) is 0 Å². The van der Waals surface area contributed by atoms with Crippen LogP contribution in [0.4, 0.5) is 0 Å². The first kappa shape index (κ1) is 19.5. The molecule has 0 saturated carbocycles. The summed E-state index contributed by atoms with van der Waals surface area (Å²) >= 11 is 14.4. The zero-order valence-electron chi connectivity index (χ0n) is 8.85. The van der Waals surface area contributed by atoms with Crippen LogP contribution in [-0.2, 0) is 37.7 Å². The maximum absolute atomic E-state index is 5.54. The van der Waals surface area contributed by atoms with Gasteiger partial charge >= 0.3 is 136 Å². The van der Waals surface area contributed by atoms with Crippen LogP contribution in [0, 0.1) is 5.92 Å². The Morgan fingerprint density at radius 1 is 1.41 bits per heavy atom. The van der Waals surface area contributed by atoms with Crippen molar-refractivity contribution in [3.05, 3.63) is 0 Å². The van der Waals surface area contributed by atoms with Crippen LogP contribution in [0.15, 0.2) is 0 Å². The molecule has 0 amide bonds. The second-order valence-corrected chi connectivity index (χ2v) is 17.2. The molecule has 2 radical (unpaired) electrons. The van der Waals surface area contributed by atoms with Crippen molar-refractivity contribution in [1.29, 1.82) is 0 Å². The van der Waals surface area contributed by atoms with Crippen LogP contribution in [0.2, 0.25) is 0 Å². The molecule has 1 unspecified atom stereocenters. The maximum atomic E-state index is 5.54. The molecule has 0 aliphatic carbocycles. The second kappa shape index (κ2) is 12.3. The van der Waals surface area contributed by atoms with E-state index in [0.717, 1.165) is 0 Å². The molecule has 0 aliphatic rings. The molecule has 0 aromatic heterocycles. The number of hydrogen-bond donors (Lipinski definition) is 1. The van der Waals surface area contributed by atoms with E-state index in [1.54, 1.807) is 0 Å². The molecule has 17 heavy (non-hydrogen) atoms. The van der Waals surface area contributed by atoms with Gasteiger partial charge in [0.15, 0.2) is 0 Å². The number of rotatable bonds is 10. The molecule has 13 heteroatoms. The van der Waals surface area contributed by atoms with Crippen LogP contribution in [0.25, 0.3) is 0 Å². The first-order valence-corrected chi connectivity index (χ1v) is 14.0. The summed E-state index contributed by atoms with van der Waals surface area (Å²) in [5.74, 6) is 0.224. The molecule has 0 rings (SSSR count). The third kappa shape index (κ3) is 13.2. The van der Waals surface area contributed by atoms with Gasteiger partial charge in [-0.3, -0.25) is 0 Å². The number of hydrogen-bond acceptors (Lipinski definition) is 9. The first-order valence-electron chi connectivity index (χ1n) is 4.22. The first-order chi connectivity index (χ1) is 8.02. The van der Waals surface area contributed by atoms with Crippen molar-refractivity contribution in [1.82, 2.24) is 0 Å². The van der Waals surface area contributed by atoms with E-state index in [1.807, 2.05) is 6.92 Å². The topological polar surface area (TPSA) is 18.5 Å². The summed E-state index contributed by atoms with van der Waals surface area (Å²) in [5.41, 5.74) is 0. The molecular formula is C4H9B3O2S8. The third-order valence-corrected chi connectivity index (χ3v) is 14.6. The van der Waals surface area contributed by atoms with E-state index in [4.69, 9.17) is 39.0 Å². The average molecular weight is 378 g/mol. The van der Waals surface area contributed by atoms with Crippen LogP contribution < -0.4 is 0 Å². The van der Waals surface area contributed by atoms with Crippen LogP contribution in [0.5, 0.6) is 0 Å². The van der Waals surface area contributed by atoms with E-state index in [0.29, 0.717) is 13.2 Å². The van der Waals surface area contributed by atoms with Crippen molar-refractivity contribution in [2.75, 3.05) is 13.2 Å². The monoisotopic (exact) mass is 378 g/mol. The van der Waals surface area contributed by atoms with Gasteiger partial charge in [0.1, 0.15) is 0 Å². The van der Waals surface area contributed by atoms with Gasteiger partial charge in [-0.2, -0.15) is 0 Å². The summed E-state index contributed by atoms with van der Waals surface area (Å²) in [6, 6.07) is 0. The third-order valence-electron chi connectivity index (χ3n) is 1.22. The normalized spacial score (nSPS) is 13.1. The summed E-state index contributed by atoms with van der Waals surface area (Å²) < 4.78 is 10.7. The van der Waals surface area contributed by atoms with Crippen molar-refractivity contribution in [2.24, 2.45) is 5.92 Å². The van der Waals surface area contributed by atoms with E-state index in [-0.39, 0.29) is 5.92 Å². The van der Waals surface area contributed by atoms with Gasteiger partial charge in [-0.25, -0.2) is 0 Å². The van der Waals surface area contributed by atoms with Gasteiger partial charge < -0.3 is 0 Å². The minimum atomic E-state index is -1.90. The van der Waals surface area contributed by atoms with Gasteiger partial charge in [0, 0.05) is 0 Å². The standard InChI is InChI=1S/C4H9B3O2S8/c1-4(2-8-7-6-5)3-9-17(11,12)16-15-14-13-10/h4,10H,2-3H2,1H3. The van der Waals surface area contributed by atoms with Crippen LogP contribution >= 0.6 is 51.0 Å². The fourth-order valence-corrected chi connectivity index (χ4v) is 14.2. The van der Waals surface area contributed by atoms with E-state index < -0.39 is 6.46 Å². The van der Waals surface area contributed by atoms with Crippen molar-refractivity contribution in [3.8, 4) is 0 Å². The molecule has 0 heterocycles. The second-order valence-electron chi connectivity index (χ2n) is 2.74. The summed E-state index contributed by atoms with van der Waals surface area (Å²) in [4.78, 5) is 0. The molecule has 0 N–H and O–H groups in total. The zero-order chi connectivity index (χ0) is 13.1. The Bertz CT molecular complexity index is 308. The van der Waals surface area contributed by atoms with E-state index in [2.05, 4.69) is 11.7 Å². The van der Waals surface area contributed by atoms with Gasteiger partial charge in [0.05, 0.1) is 0 Å². The Balaban J connectivity index is 3.76. The SMILES string of the molecule is [B]B=BOCC(C)COS(=S)(=S)SSSSS. The Morgan fingerprint density at radius 3 is 2.71 bits per heavy atom. The van der Waals surface area contributed by atoms with Gasteiger partial charge in [-0.15, -0.1) is 0 Å². The Labute approximate surface area is 135 Å². The minimum absolute atomic E-state index is 0.224. The van der Waals surface area contributed by atoms with Crippen LogP contribution in [0.1, 0.15) is 6.92 Å². The molecule has 0 aliphatic heterocycles. The molecule has 0 fully saturated rings. The van der Waals surface area contributed by atoms with E-state index in [1.165, 1.54) is 53.0 Å². The van der Waals surface area contributed by atoms with Gasteiger partial charge in [0.2, 0.25) is 0 Å². The van der Waals surface area contributed by atoms with Crippen molar-refractivity contribution < 1.29 is 8.84 Å². The molecule has 1 atom stereocenters.